The molecule has 0 amide bonds. The number of benzene rings is 1. The van der Waals surface area contributed by atoms with Gasteiger partial charge in [0.25, 0.3) is 0 Å². The van der Waals surface area contributed by atoms with Crippen LogP contribution in [0.4, 0.5) is 0 Å². The Morgan fingerprint density at radius 3 is 2.53 bits per heavy atom. The second-order valence-electron chi connectivity index (χ2n) is 5.72. The van der Waals surface area contributed by atoms with Gasteiger partial charge in [0.1, 0.15) is 12.4 Å². The molecule has 3 aliphatic rings. The van der Waals surface area contributed by atoms with E-state index in [1.807, 2.05) is 0 Å². The van der Waals surface area contributed by atoms with Crippen LogP contribution in [0.5, 0.6) is 0 Å². The summed E-state index contributed by atoms with van der Waals surface area (Å²) in [5.41, 5.74) is 1.05. The first-order chi connectivity index (χ1) is 9.39. The molecule has 19 heavy (non-hydrogen) atoms. The maximum absolute atomic E-state index is 6.21. The predicted octanol–water partition coefficient (Wildman–Crippen LogP) is 1.42. The summed E-state index contributed by atoms with van der Waals surface area (Å²) >= 11 is 0. The molecule has 4 nitrogen and oxygen atoms in total. The first-order valence-electron chi connectivity index (χ1n) is 6.97. The maximum Gasteiger partial charge on any atom is 0.147 e. The Hall–Kier alpha value is -0.940. The Balaban J connectivity index is 1.79. The standard InChI is InChI=1S/C15H19NO3/c1-2-4-12(5-3-1)15-13-6-16(10-17-8-13)7-14(15)9-18-11-19-15/h1-5,13-14H,6-11H2. The third-order valence-corrected chi connectivity index (χ3v) is 4.69. The summed E-state index contributed by atoms with van der Waals surface area (Å²) < 4.78 is 17.5. The number of nitrogens with zero attached hydrogens (tertiary/aromatic N) is 1. The molecule has 0 aliphatic carbocycles. The highest BCUT2D eigenvalue weighted by atomic mass is 16.7. The van der Waals surface area contributed by atoms with Crippen molar-refractivity contribution in [1.29, 1.82) is 0 Å². The first-order valence-corrected chi connectivity index (χ1v) is 6.97. The van der Waals surface area contributed by atoms with E-state index in [4.69, 9.17) is 14.2 Å². The van der Waals surface area contributed by atoms with Crippen LogP contribution in [-0.2, 0) is 19.8 Å². The van der Waals surface area contributed by atoms with Crippen LogP contribution in [0.15, 0.2) is 30.3 Å². The monoisotopic (exact) mass is 261 g/mol. The summed E-state index contributed by atoms with van der Waals surface area (Å²) in [6, 6.07) is 10.6. The van der Waals surface area contributed by atoms with E-state index in [2.05, 4.69) is 35.2 Å². The van der Waals surface area contributed by atoms with E-state index in [0.717, 1.165) is 33.0 Å². The van der Waals surface area contributed by atoms with E-state index in [1.54, 1.807) is 0 Å². The average Bonchev–Trinajstić information content (AvgIpc) is 2.49. The zero-order chi connectivity index (χ0) is 12.7. The van der Waals surface area contributed by atoms with Crippen molar-refractivity contribution in [2.45, 2.75) is 5.60 Å². The highest BCUT2D eigenvalue weighted by Gasteiger charge is 2.55. The lowest BCUT2D eigenvalue weighted by Crippen LogP contribution is -2.64. The molecule has 4 unspecified atom stereocenters. The van der Waals surface area contributed by atoms with E-state index in [1.165, 1.54) is 5.56 Å². The summed E-state index contributed by atoms with van der Waals surface area (Å²) in [4.78, 5) is 2.37. The van der Waals surface area contributed by atoms with Crippen LogP contribution in [0, 0.1) is 11.8 Å². The van der Waals surface area contributed by atoms with E-state index in [9.17, 15) is 0 Å². The molecule has 3 saturated heterocycles. The lowest BCUT2D eigenvalue weighted by Gasteiger charge is -2.56. The topological polar surface area (TPSA) is 30.9 Å². The van der Waals surface area contributed by atoms with Gasteiger partial charge < -0.3 is 14.2 Å². The summed E-state index contributed by atoms with van der Waals surface area (Å²) in [6.07, 6.45) is 0. The molecule has 0 radical (unpaired) electrons. The molecule has 3 aliphatic heterocycles. The molecule has 0 spiro atoms. The highest BCUT2D eigenvalue weighted by molar-refractivity contribution is 5.27. The minimum Gasteiger partial charge on any atom is -0.366 e. The summed E-state index contributed by atoms with van der Waals surface area (Å²) in [5, 5.41) is 0. The van der Waals surface area contributed by atoms with Gasteiger partial charge in [0.05, 0.1) is 19.9 Å². The van der Waals surface area contributed by atoms with Gasteiger partial charge in [-0.15, -0.1) is 0 Å². The number of ether oxygens (including phenoxy) is 3. The molecule has 4 heteroatoms. The molecule has 3 heterocycles. The van der Waals surface area contributed by atoms with Crippen molar-refractivity contribution in [3.05, 3.63) is 35.9 Å². The Bertz CT molecular complexity index is 446. The largest absolute Gasteiger partial charge is 0.366 e. The Morgan fingerprint density at radius 1 is 1.00 bits per heavy atom. The van der Waals surface area contributed by atoms with Gasteiger partial charge in [-0.05, 0) is 5.56 Å². The molecule has 2 bridgehead atoms. The molecular formula is C15H19NO3. The lowest BCUT2D eigenvalue weighted by atomic mass is 9.69. The van der Waals surface area contributed by atoms with Crippen molar-refractivity contribution in [3.8, 4) is 0 Å². The summed E-state index contributed by atoms with van der Waals surface area (Å²) in [5.74, 6) is 0.789. The van der Waals surface area contributed by atoms with Crippen molar-refractivity contribution in [3.63, 3.8) is 0 Å². The molecule has 102 valence electrons. The third-order valence-electron chi connectivity index (χ3n) is 4.69. The normalized spacial score (nSPS) is 41.6. The van der Waals surface area contributed by atoms with E-state index in [-0.39, 0.29) is 5.60 Å². The Kier molecular flexibility index (Phi) is 2.84. The zero-order valence-electron chi connectivity index (χ0n) is 11.0. The molecule has 0 saturated carbocycles. The number of hydrogen-bond acceptors (Lipinski definition) is 4. The quantitative estimate of drug-likeness (QED) is 0.765. The van der Waals surface area contributed by atoms with Crippen molar-refractivity contribution >= 4 is 0 Å². The van der Waals surface area contributed by atoms with Gasteiger partial charge in [0.15, 0.2) is 0 Å². The van der Waals surface area contributed by atoms with Gasteiger partial charge in [0, 0.05) is 24.9 Å². The van der Waals surface area contributed by atoms with Crippen LogP contribution in [0.1, 0.15) is 5.56 Å². The van der Waals surface area contributed by atoms with Crippen LogP contribution in [0.3, 0.4) is 0 Å². The van der Waals surface area contributed by atoms with Crippen molar-refractivity contribution in [2.75, 3.05) is 39.8 Å². The second-order valence-corrected chi connectivity index (χ2v) is 5.72. The zero-order valence-corrected chi connectivity index (χ0v) is 11.0. The van der Waals surface area contributed by atoms with Crippen molar-refractivity contribution < 1.29 is 14.2 Å². The van der Waals surface area contributed by atoms with Crippen molar-refractivity contribution in [2.24, 2.45) is 11.8 Å². The fourth-order valence-electron chi connectivity index (χ4n) is 3.90. The predicted molar refractivity (Wildman–Crippen MR) is 69.4 cm³/mol. The Morgan fingerprint density at radius 2 is 1.74 bits per heavy atom. The second kappa shape index (κ2) is 4.56. The van der Waals surface area contributed by atoms with Crippen LogP contribution < -0.4 is 0 Å². The van der Waals surface area contributed by atoms with Crippen LogP contribution in [0.2, 0.25) is 0 Å². The van der Waals surface area contributed by atoms with Crippen LogP contribution in [0.25, 0.3) is 0 Å². The third kappa shape index (κ3) is 1.75. The SMILES string of the molecule is c1ccc(C23OCOCC2CN2COCC3C2)cc1. The molecule has 4 atom stereocenters. The molecule has 0 N–H and O–H groups in total. The average molecular weight is 261 g/mol. The molecule has 3 fully saturated rings. The lowest BCUT2D eigenvalue weighted by molar-refractivity contribution is -0.295. The first kappa shape index (κ1) is 11.9. The fourth-order valence-corrected chi connectivity index (χ4v) is 3.90. The molecule has 0 aromatic heterocycles. The summed E-state index contributed by atoms with van der Waals surface area (Å²) in [7, 11) is 0. The van der Waals surface area contributed by atoms with Gasteiger partial charge in [0.2, 0.25) is 0 Å². The highest BCUT2D eigenvalue weighted by Crippen LogP contribution is 2.47. The van der Waals surface area contributed by atoms with Crippen molar-refractivity contribution in [1.82, 2.24) is 4.90 Å². The van der Waals surface area contributed by atoms with Gasteiger partial charge >= 0.3 is 0 Å². The molecule has 1 aromatic carbocycles. The Labute approximate surface area is 113 Å². The molecular weight excluding hydrogens is 242 g/mol. The maximum atomic E-state index is 6.21. The minimum absolute atomic E-state index is 0.226. The number of rotatable bonds is 1. The van der Waals surface area contributed by atoms with Gasteiger partial charge in [-0.2, -0.15) is 0 Å². The molecule has 1 aromatic rings. The van der Waals surface area contributed by atoms with Crippen LogP contribution >= 0.6 is 0 Å². The number of piperidine rings is 1. The summed E-state index contributed by atoms with van der Waals surface area (Å²) in [6.45, 7) is 4.75. The van der Waals surface area contributed by atoms with Gasteiger partial charge in [-0.3, -0.25) is 4.90 Å². The van der Waals surface area contributed by atoms with Crippen LogP contribution in [-0.4, -0.2) is 44.7 Å². The minimum atomic E-state index is -0.226. The number of fused-ring (bicyclic) bond motifs is 4. The van der Waals surface area contributed by atoms with Gasteiger partial charge in [-0.1, -0.05) is 30.3 Å². The van der Waals surface area contributed by atoms with E-state index in [0.29, 0.717) is 18.6 Å². The van der Waals surface area contributed by atoms with Gasteiger partial charge in [-0.25, -0.2) is 0 Å². The van der Waals surface area contributed by atoms with E-state index < -0.39 is 0 Å². The fraction of sp³-hybridized carbons (Fsp3) is 0.600. The smallest absolute Gasteiger partial charge is 0.147 e. The molecule has 4 rings (SSSR count). The van der Waals surface area contributed by atoms with E-state index >= 15 is 0 Å². The number of hydrogen-bond donors (Lipinski definition) is 0.